The molecule has 92 valence electrons. The third-order valence-electron chi connectivity index (χ3n) is 1.80. The third kappa shape index (κ3) is 6.19. The van der Waals surface area contributed by atoms with Gasteiger partial charge in [0.25, 0.3) is 0 Å². The molecule has 5 heteroatoms. The second-order valence-electron chi connectivity index (χ2n) is 3.29. The van der Waals surface area contributed by atoms with Gasteiger partial charge in [-0.1, -0.05) is 12.2 Å². The van der Waals surface area contributed by atoms with Gasteiger partial charge < -0.3 is 15.2 Å². The van der Waals surface area contributed by atoms with E-state index in [9.17, 15) is 9.59 Å². The molecule has 5 nitrogen and oxygen atoms in total. The van der Waals surface area contributed by atoms with Crippen molar-refractivity contribution in [3.05, 3.63) is 12.2 Å². The summed E-state index contributed by atoms with van der Waals surface area (Å²) in [5.41, 5.74) is 6.13. The molecule has 0 fully saturated rings. The minimum atomic E-state index is -0.762. The fourth-order valence-electron chi connectivity index (χ4n) is 1.13. The van der Waals surface area contributed by atoms with Crippen molar-refractivity contribution in [2.45, 2.75) is 32.7 Å². The summed E-state index contributed by atoms with van der Waals surface area (Å²) in [7, 11) is 0. The van der Waals surface area contributed by atoms with E-state index in [0.29, 0.717) is 12.2 Å². The highest BCUT2D eigenvalue weighted by atomic mass is 16.5. The highest BCUT2D eigenvalue weighted by Gasteiger charge is 2.17. The van der Waals surface area contributed by atoms with Crippen LogP contribution in [0.25, 0.3) is 0 Å². The first kappa shape index (κ1) is 14.6. The van der Waals surface area contributed by atoms with Crippen LogP contribution in [0.15, 0.2) is 12.2 Å². The molecular weight excluding hydrogens is 210 g/mol. The zero-order valence-corrected chi connectivity index (χ0v) is 9.82. The fraction of sp³-hybridized carbons (Fsp3) is 0.636. The Morgan fingerprint density at radius 1 is 1.25 bits per heavy atom. The van der Waals surface area contributed by atoms with Crippen LogP contribution in [0, 0.1) is 0 Å². The molecule has 0 heterocycles. The van der Waals surface area contributed by atoms with Gasteiger partial charge in [-0.15, -0.1) is 0 Å². The smallest absolute Gasteiger partial charge is 0.323 e. The maximum Gasteiger partial charge on any atom is 0.323 e. The molecule has 0 unspecified atom stereocenters. The predicted molar refractivity (Wildman–Crippen MR) is 59.6 cm³/mol. The quantitative estimate of drug-likeness (QED) is 0.515. The lowest BCUT2D eigenvalue weighted by atomic mass is 10.1. The number of ether oxygens (including phenoxy) is 2. The van der Waals surface area contributed by atoms with E-state index < -0.39 is 12.0 Å². The normalized spacial score (nSPS) is 11.7. The monoisotopic (exact) mass is 229 g/mol. The number of carbonyl (C=O) groups is 2. The molecule has 0 aliphatic carbocycles. The van der Waals surface area contributed by atoms with Gasteiger partial charge in [-0.3, -0.25) is 9.59 Å². The Morgan fingerprint density at radius 3 is 2.31 bits per heavy atom. The molecule has 0 aromatic carbocycles. The molecule has 0 aliphatic heterocycles. The Balaban J connectivity index is 3.95. The first-order chi connectivity index (χ1) is 7.51. The summed E-state index contributed by atoms with van der Waals surface area (Å²) in [5.74, 6) is -0.837. The van der Waals surface area contributed by atoms with Crippen LogP contribution in [0.1, 0.15) is 26.7 Å². The van der Waals surface area contributed by atoms with E-state index in [-0.39, 0.29) is 25.4 Å². The molecule has 0 bridgehead atoms. The van der Waals surface area contributed by atoms with Crippen molar-refractivity contribution < 1.29 is 19.1 Å². The largest absolute Gasteiger partial charge is 0.466 e. The highest BCUT2D eigenvalue weighted by molar-refractivity contribution is 5.77. The van der Waals surface area contributed by atoms with Gasteiger partial charge in [0.05, 0.1) is 19.6 Å². The zero-order chi connectivity index (χ0) is 12.6. The minimum absolute atomic E-state index is 0.0843. The second-order valence-corrected chi connectivity index (χ2v) is 3.29. The van der Waals surface area contributed by atoms with Crippen LogP contribution < -0.4 is 5.73 Å². The summed E-state index contributed by atoms with van der Waals surface area (Å²) < 4.78 is 9.48. The van der Waals surface area contributed by atoms with Crippen LogP contribution in [0.2, 0.25) is 0 Å². The van der Waals surface area contributed by atoms with Crippen LogP contribution in [-0.4, -0.2) is 31.2 Å². The molecule has 2 N–H and O–H groups in total. The van der Waals surface area contributed by atoms with Crippen molar-refractivity contribution in [1.82, 2.24) is 0 Å². The Bertz CT molecular complexity index is 263. The van der Waals surface area contributed by atoms with Crippen molar-refractivity contribution in [2.75, 3.05) is 13.2 Å². The molecule has 0 saturated carbocycles. The minimum Gasteiger partial charge on any atom is -0.466 e. The van der Waals surface area contributed by atoms with Crippen molar-refractivity contribution >= 4 is 11.9 Å². The van der Waals surface area contributed by atoms with E-state index in [4.69, 9.17) is 15.2 Å². The molecular formula is C11H19NO4. The van der Waals surface area contributed by atoms with Gasteiger partial charge in [0.15, 0.2) is 0 Å². The first-order valence-electron chi connectivity index (χ1n) is 5.25. The molecule has 0 saturated heterocycles. The van der Waals surface area contributed by atoms with Crippen molar-refractivity contribution in [3.63, 3.8) is 0 Å². The summed E-state index contributed by atoms with van der Waals surface area (Å²) in [4.78, 5) is 22.3. The lowest BCUT2D eigenvalue weighted by Gasteiger charge is -2.11. The molecule has 0 aliphatic rings. The van der Waals surface area contributed by atoms with Crippen LogP contribution in [0.5, 0.6) is 0 Å². The number of rotatable bonds is 7. The van der Waals surface area contributed by atoms with E-state index in [1.807, 2.05) is 0 Å². The third-order valence-corrected chi connectivity index (χ3v) is 1.80. The Kier molecular flexibility index (Phi) is 7.20. The average molecular weight is 229 g/mol. The molecule has 0 spiro atoms. The SMILES string of the molecule is C=C(CC(=O)OCC)C[C@H](N)C(=O)OCC. The topological polar surface area (TPSA) is 78.6 Å². The van der Waals surface area contributed by atoms with Gasteiger partial charge in [0.2, 0.25) is 0 Å². The standard InChI is InChI=1S/C11H19NO4/c1-4-15-10(13)7-8(3)6-9(12)11(14)16-5-2/h9H,3-7,12H2,1-2H3/t9-/m0/s1. The van der Waals surface area contributed by atoms with E-state index in [0.717, 1.165) is 0 Å². The molecule has 0 aromatic heterocycles. The summed E-state index contributed by atoms with van der Waals surface area (Å²) in [5, 5.41) is 0. The van der Waals surface area contributed by atoms with Crippen LogP contribution in [0.3, 0.4) is 0 Å². The second kappa shape index (κ2) is 7.87. The summed E-state index contributed by atoms with van der Waals surface area (Å²) in [6.07, 6.45) is 0.318. The average Bonchev–Trinajstić information content (AvgIpc) is 2.17. The number of hydrogen-bond donors (Lipinski definition) is 1. The zero-order valence-electron chi connectivity index (χ0n) is 9.82. The van der Waals surface area contributed by atoms with E-state index in [1.165, 1.54) is 0 Å². The number of hydrogen-bond acceptors (Lipinski definition) is 5. The predicted octanol–water partition coefficient (Wildman–Crippen LogP) is 0.776. The Labute approximate surface area is 95.6 Å². The molecule has 0 aromatic rings. The molecule has 0 radical (unpaired) electrons. The van der Waals surface area contributed by atoms with E-state index in [1.54, 1.807) is 13.8 Å². The summed E-state index contributed by atoms with van der Waals surface area (Å²) in [6, 6.07) is -0.762. The van der Waals surface area contributed by atoms with Gasteiger partial charge >= 0.3 is 11.9 Å². The van der Waals surface area contributed by atoms with Gasteiger partial charge in [0, 0.05) is 0 Å². The van der Waals surface area contributed by atoms with Crippen molar-refractivity contribution in [1.29, 1.82) is 0 Å². The summed E-state index contributed by atoms with van der Waals surface area (Å²) >= 11 is 0. The van der Waals surface area contributed by atoms with E-state index >= 15 is 0 Å². The number of carbonyl (C=O) groups excluding carboxylic acids is 2. The Morgan fingerprint density at radius 2 is 1.81 bits per heavy atom. The van der Waals surface area contributed by atoms with Crippen molar-refractivity contribution in [3.8, 4) is 0 Å². The van der Waals surface area contributed by atoms with Crippen LogP contribution >= 0.6 is 0 Å². The number of nitrogens with two attached hydrogens (primary N) is 1. The van der Waals surface area contributed by atoms with Crippen LogP contribution in [-0.2, 0) is 19.1 Å². The molecule has 0 rings (SSSR count). The summed E-state index contributed by atoms with van der Waals surface area (Å²) in [6.45, 7) is 7.72. The number of esters is 2. The van der Waals surface area contributed by atoms with E-state index in [2.05, 4.69) is 6.58 Å². The van der Waals surface area contributed by atoms with Gasteiger partial charge in [-0.2, -0.15) is 0 Å². The Hall–Kier alpha value is -1.36. The van der Waals surface area contributed by atoms with Gasteiger partial charge in [-0.05, 0) is 20.3 Å². The maximum absolute atomic E-state index is 11.2. The lowest BCUT2D eigenvalue weighted by molar-refractivity contribution is -0.145. The van der Waals surface area contributed by atoms with Gasteiger partial charge in [0.1, 0.15) is 6.04 Å². The maximum atomic E-state index is 11.2. The molecule has 16 heavy (non-hydrogen) atoms. The van der Waals surface area contributed by atoms with Crippen LogP contribution in [0.4, 0.5) is 0 Å². The molecule has 1 atom stereocenters. The first-order valence-corrected chi connectivity index (χ1v) is 5.25. The molecule has 0 amide bonds. The highest BCUT2D eigenvalue weighted by Crippen LogP contribution is 2.08. The van der Waals surface area contributed by atoms with Crippen molar-refractivity contribution in [2.24, 2.45) is 5.73 Å². The fourth-order valence-corrected chi connectivity index (χ4v) is 1.13. The lowest BCUT2D eigenvalue weighted by Crippen LogP contribution is -2.32. The van der Waals surface area contributed by atoms with Gasteiger partial charge in [-0.25, -0.2) is 0 Å².